The molecule has 4 unspecified atom stereocenters. The summed E-state index contributed by atoms with van der Waals surface area (Å²) in [5.74, 6) is 3.52. The number of hydrogen-bond donors (Lipinski definition) is 1. The molecule has 0 aromatic heterocycles. The molecule has 124 valence electrons. The lowest BCUT2D eigenvalue weighted by Crippen LogP contribution is -2.49. The molecule has 0 amide bonds. The Kier molecular flexibility index (Phi) is 6.51. The second kappa shape index (κ2) is 7.94. The van der Waals surface area contributed by atoms with Gasteiger partial charge in [0.2, 0.25) is 0 Å². The minimum atomic E-state index is 0.725. The Morgan fingerprint density at radius 1 is 1.10 bits per heavy atom. The molecule has 0 bridgehead atoms. The second-order valence-electron chi connectivity index (χ2n) is 8.12. The van der Waals surface area contributed by atoms with Gasteiger partial charge in [-0.05, 0) is 83.6 Å². The molecule has 0 radical (unpaired) electrons. The van der Waals surface area contributed by atoms with Crippen LogP contribution in [0.1, 0.15) is 39.5 Å². The molecule has 0 spiro atoms. The predicted molar refractivity (Wildman–Crippen MR) is 91.6 cm³/mol. The summed E-state index contributed by atoms with van der Waals surface area (Å²) in [6.45, 7) is 10.1. The van der Waals surface area contributed by atoms with Crippen LogP contribution < -0.4 is 5.32 Å². The summed E-state index contributed by atoms with van der Waals surface area (Å²) < 4.78 is 0. The van der Waals surface area contributed by atoms with E-state index in [1.807, 2.05) is 0 Å². The maximum atomic E-state index is 3.61. The lowest BCUT2D eigenvalue weighted by atomic mass is 9.72. The third-order valence-corrected chi connectivity index (χ3v) is 5.85. The van der Waals surface area contributed by atoms with E-state index in [1.165, 1.54) is 51.9 Å². The predicted octanol–water partition coefficient (Wildman–Crippen LogP) is 2.53. The zero-order valence-electron chi connectivity index (χ0n) is 14.9. The third kappa shape index (κ3) is 4.94. The van der Waals surface area contributed by atoms with Gasteiger partial charge in [-0.25, -0.2) is 0 Å². The van der Waals surface area contributed by atoms with Gasteiger partial charge in [0, 0.05) is 19.1 Å². The molecule has 2 rings (SSSR count). The molecule has 4 atom stereocenters. The number of likely N-dealkylation sites (tertiary alicyclic amines) is 1. The van der Waals surface area contributed by atoms with Gasteiger partial charge >= 0.3 is 0 Å². The fraction of sp³-hybridized carbons (Fsp3) is 1.00. The topological polar surface area (TPSA) is 18.5 Å². The molecule has 1 saturated carbocycles. The highest BCUT2D eigenvalue weighted by Gasteiger charge is 2.34. The highest BCUT2D eigenvalue weighted by molar-refractivity contribution is 4.89. The van der Waals surface area contributed by atoms with Crippen molar-refractivity contribution in [3.8, 4) is 0 Å². The Hall–Kier alpha value is -0.120. The van der Waals surface area contributed by atoms with Crippen molar-refractivity contribution in [3.05, 3.63) is 0 Å². The van der Waals surface area contributed by atoms with Crippen LogP contribution in [0.5, 0.6) is 0 Å². The largest absolute Gasteiger partial charge is 0.317 e. The van der Waals surface area contributed by atoms with Gasteiger partial charge in [-0.2, -0.15) is 0 Å². The van der Waals surface area contributed by atoms with Crippen molar-refractivity contribution in [1.29, 1.82) is 0 Å². The third-order valence-electron chi connectivity index (χ3n) is 5.85. The Morgan fingerprint density at radius 2 is 1.76 bits per heavy atom. The summed E-state index contributed by atoms with van der Waals surface area (Å²) >= 11 is 0. The maximum absolute atomic E-state index is 3.61. The molecule has 1 aliphatic carbocycles. The summed E-state index contributed by atoms with van der Waals surface area (Å²) in [6, 6.07) is 0.725. The van der Waals surface area contributed by atoms with Crippen LogP contribution in [0.2, 0.25) is 0 Å². The molecule has 3 nitrogen and oxygen atoms in total. The molecule has 1 aliphatic heterocycles. The van der Waals surface area contributed by atoms with Gasteiger partial charge in [-0.3, -0.25) is 0 Å². The highest BCUT2D eigenvalue weighted by Crippen LogP contribution is 2.34. The van der Waals surface area contributed by atoms with Crippen LogP contribution in [0.25, 0.3) is 0 Å². The zero-order valence-corrected chi connectivity index (χ0v) is 14.9. The summed E-state index contributed by atoms with van der Waals surface area (Å²) in [5, 5.41) is 3.61. The van der Waals surface area contributed by atoms with Crippen LogP contribution in [0.3, 0.4) is 0 Å². The van der Waals surface area contributed by atoms with Crippen molar-refractivity contribution in [2.24, 2.45) is 23.7 Å². The standard InChI is InChI=1S/C18H37N3/c1-14-10-15(2)17(18(11-14)19-3)13-21-8-6-16(7-9-21)12-20(4)5/h14-19H,6-13H2,1-5H3. The molecule has 0 aromatic carbocycles. The van der Waals surface area contributed by atoms with Crippen LogP contribution in [0.4, 0.5) is 0 Å². The van der Waals surface area contributed by atoms with Crippen molar-refractivity contribution < 1.29 is 0 Å². The first-order chi connectivity index (χ1) is 9.99. The molecule has 2 fully saturated rings. The first-order valence-corrected chi connectivity index (χ1v) is 9.04. The van der Waals surface area contributed by atoms with E-state index in [1.54, 1.807) is 0 Å². The van der Waals surface area contributed by atoms with Gasteiger partial charge in [0.05, 0.1) is 0 Å². The van der Waals surface area contributed by atoms with E-state index in [4.69, 9.17) is 0 Å². The van der Waals surface area contributed by atoms with Crippen molar-refractivity contribution >= 4 is 0 Å². The normalized spacial score (nSPS) is 36.3. The number of piperidine rings is 1. The minimum absolute atomic E-state index is 0.725. The minimum Gasteiger partial charge on any atom is -0.317 e. The van der Waals surface area contributed by atoms with Crippen molar-refractivity contribution in [1.82, 2.24) is 15.1 Å². The molecule has 2 aliphatic rings. The maximum Gasteiger partial charge on any atom is 0.0110 e. The summed E-state index contributed by atoms with van der Waals surface area (Å²) in [6.07, 6.45) is 5.56. The number of nitrogens with zero attached hydrogens (tertiary/aromatic N) is 2. The molecule has 0 aromatic rings. The Labute approximate surface area is 132 Å². The van der Waals surface area contributed by atoms with Crippen LogP contribution in [-0.4, -0.2) is 63.2 Å². The van der Waals surface area contributed by atoms with E-state index in [2.05, 4.69) is 50.1 Å². The average Bonchev–Trinajstić information content (AvgIpc) is 2.42. The molecule has 1 heterocycles. The molecular weight excluding hydrogens is 258 g/mol. The van der Waals surface area contributed by atoms with Crippen LogP contribution in [0.15, 0.2) is 0 Å². The second-order valence-corrected chi connectivity index (χ2v) is 8.12. The van der Waals surface area contributed by atoms with E-state index < -0.39 is 0 Å². The van der Waals surface area contributed by atoms with Gasteiger partial charge in [0.1, 0.15) is 0 Å². The fourth-order valence-electron chi connectivity index (χ4n) is 4.72. The summed E-state index contributed by atoms with van der Waals surface area (Å²) in [5.41, 5.74) is 0. The van der Waals surface area contributed by atoms with Crippen LogP contribution in [-0.2, 0) is 0 Å². The van der Waals surface area contributed by atoms with Crippen molar-refractivity contribution in [2.75, 3.05) is 47.3 Å². The summed E-state index contributed by atoms with van der Waals surface area (Å²) in [4.78, 5) is 5.09. The van der Waals surface area contributed by atoms with E-state index >= 15 is 0 Å². The Morgan fingerprint density at radius 3 is 2.33 bits per heavy atom. The SMILES string of the molecule is CNC1CC(C)CC(C)C1CN1CCC(CN(C)C)CC1. The number of hydrogen-bond acceptors (Lipinski definition) is 3. The van der Waals surface area contributed by atoms with Crippen molar-refractivity contribution in [2.45, 2.75) is 45.6 Å². The van der Waals surface area contributed by atoms with E-state index in [0.717, 1.165) is 29.7 Å². The smallest absolute Gasteiger partial charge is 0.0110 e. The zero-order chi connectivity index (χ0) is 15.4. The van der Waals surface area contributed by atoms with Gasteiger partial charge in [0.25, 0.3) is 0 Å². The quantitative estimate of drug-likeness (QED) is 0.841. The Bertz CT molecular complexity index is 297. The first kappa shape index (κ1) is 17.2. The average molecular weight is 296 g/mol. The summed E-state index contributed by atoms with van der Waals surface area (Å²) in [7, 11) is 6.56. The van der Waals surface area contributed by atoms with Crippen molar-refractivity contribution in [3.63, 3.8) is 0 Å². The highest BCUT2D eigenvalue weighted by atomic mass is 15.1. The van der Waals surface area contributed by atoms with Gasteiger partial charge in [-0.15, -0.1) is 0 Å². The monoisotopic (exact) mass is 295 g/mol. The molecule has 1 saturated heterocycles. The Balaban J connectivity index is 1.81. The van der Waals surface area contributed by atoms with E-state index in [9.17, 15) is 0 Å². The van der Waals surface area contributed by atoms with Crippen LogP contribution in [0, 0.1) is 23.7 Å². The van der Waals surface area contributed by atoms with E-state index in [0.29, 0.717) is 0 Å². The van der Waals surface area contributed by atoms with Gasteiger partial charge < -0.3 is 15.1 Å². The molecule has 21 heavy (non-hydrogen) atoms. The number of rotatable bonds is 5. The van der Waals surface area contributed by atoms with Gasteiger partial charge in [-0.1, -0.05) is 13.8 Å². The number of nitrogens with one attached hydrogen (secondary N) is 1. The molecule has 3 heteroatoms. The fourth-order valence-corrected chi connectivity index (χ4v) is 4.72. The van der Waals surface area contributed by atoms with Crippen LogP contribution >= 0.6 is 0 Å². The molecular formula is C18H37N3. The lowest BCUT2D eigenvalue weighted by Gasteiger charge is -2.43. The lowest BCUT2D eigenvalue weighted by molar-refractivity contribution is 0.0809. The van der Waals surface area contributed by atoms with Gasteiger partial charge in [0.15, 0.2) is 0 Å². The van der Waals surface area contributed by atoms with E-state index in [-0.39, 0.29) is 0 Å². The first-order valence-electron chi connectivity index (χ1n) is 9.04. The molecule has 1 N–H and O–H groups in total.